The van der Waals surface area contributed by atoms with Gasteiger partial charge in [-0.3, -0.25) is 19.2 Å². The lowest BCUT2D eigenvalue weighted by molar-refractivity contribution is -0.137. The van der Waals surface area contributed by atoms with E-state index < -0.39 is 30.0 Å². The van der Waals surface area contributed by atoms with Crippen LogP contribution in [0.4, 0.5) is 0 Å². The molecule has 2 aromatic heterocycles. The minimum Gasteiger partial charge on any atom is -0.516 e. The van der Waals surface area contributed by atoms with E-state index in [-0.39, 0.29) is 42.6 Å². The Morgan fingerprint density at radius 1 is 1.04 bits per heavy atom. The molecular formula is C33H38N4O8S. The number of hydrogen-bond acceptors (Lipinski definition) is 7. The van der Waals surface area contributed by atoms with Gasteiger partial charge in [0.2, 0.25) is 5.91 Å². The van der Waals surface area contributed by atoms with Gasteiger partial charge in [-0.1, -0.05) is 13.0 Å². The molecule has 5 rings (SSSR count). The Balaban J connectivity index is 1.64. The van der Waals surface area contributed by atoms with Crippen LogP contribution in [0.15, 0.2) is 29.2 Å². The van der Waals surface area contributed by atoms with Crippen LogP contribution >= 0.6 is 11.8 Å². The molecule has 0 aliphatic carbocycles. The quantitative estimate of drug-likeness (QED) is 0.132. The lowest BCUT2D eigenvalue weighted by Gasteiger charge is -2.20. The summed E-state index contributed by atoms with van der Waals surface area (Å²) < 4.78 is 0. The maximum absolute atomic E-state index is 12.6. The SMILES string of the molecule is CC1=C(/C=C\O)C(=O)N[C@@H]1[C@H](O)c1[nH]c(/C=c2\[nH]c(/C=C3\NC(=O)[C@H](C)[C@H]3[C@H]3CS3)c(C)\c2=C/CC(=O)O)c(CCC(=O)O)c1C. The highest BCUT2D eigenvalue weighted by Crippen LogP contribution is 2.46. The Bertz CT molecular complexity index is 1830. The van der Waals surface area contributed by atoms with Gasteiger partial charge in [0.1, 0.15) is 6.10 Å². The molecule has 46 heavy (non-hydrogen) atoms. The van der Waals surface area contributed by atoms with Gasteiger partial charge in [-0.25, -0.2) is 0 Å². The van der Waals surface area contributed by atoms with E-state index in [1.54, 1.807) is 26.0 Å². The van der Waals surface area contributed by atoms with E-state index in [0.29, 0.717) is 49.6 Å². The van der Waals surface area contributed by atoms with E-state index in [9.17, 15) is 39.6 Å². The second kappa shape index (κ2) is 13.1. The molecule has 2 aromatic rings. The van der Waals surface area contributed by atoms with Gasteiger partial charge < -0.3 is 41.0 Å². The van der Waals surface area contributed by atoms with E-state index in [4.69, 9.17) is 0 Å². The molecule has 2 saturated heterocycles. The largest absolute Gasteiger partial charge is 0.516 e. The van der Waals surface area contributed by atoms with Gasteiger partial charge in [-0.2, -0.15) is 11.8 Å². The van der Waals surface area contributed by atoms with Crippen molar-refractivity contribution >= 4 is 53.7 Å². The number of rotatable bonds is 11. The van der Waals surface area contributed by atoms with Gasteiger partial charge in [-0.05, 0) is 72.9 Å². The first-order chi connectivity index (χ1) is 21.8. The number of carbonyl (C=O) groups is 4. The average molecular weight is 651 g/mol. The predicted octanol–water partition coefficient (Wildman–Crippen LogP) is 1.82. The molecular weight excluding hydrogens is 612 g/mol. The second-order valence-corrected chi connectivity index (χ2v) is 13.2. The number of carboxylic acid groups (broad SMARTS) is 2. The molecule has 0 aromatic carbocycles. The Morgan fingerprint density at radius 3 is 2.39 bits per heavy atom. The topological polar surface area (TPSA) is 205 Å². The average Bonchev–Trinajstić information content (AvgIpc) is 3.56. The zero-order chi connectivity index (χ0) is 33.4. The summed E-state index contributed by atoms with van der Waals surface area (Å²) in [5.41, 5.74) is 5.27. The zero-order valence-corrected chi connectivity index (χ0v) is 26.7. The summed E-state index contributed by atoms with van der Waals surface area (Å²) in [6.07, 6.45) is 5.83. The summed E-state index contributed by atoms with van der Waals surface area (Å²) in [5, 5.41) is 46.9. The predicted molar refractivity (Wildman–Crippen MR) is 173 cm³/mol. The molecule has 5 heterocycles. The lowest BCUT2D eigenvalue weighted by atomic mass is 9.92. The van der Waals surface area contributed by atoms with Gasteiger partial charge in [0.15, 0.2) is 0 Å². The summed E-state index contributed by atoms with van der Waals surface area (Å²) in [7, 11) is 0. The summed E-state index contributed by atoms with van der Waals surface area (Å²) in [4.78, 5) is 54.8. The first-order valence-corrected chi connectivity index (χ1v) is 16.1. The van der Waals surface area contributed by atoms with Crippen LogP contribution < -0.4 is 21.2 Å². The smallest absolute Gasteiger partial charge is 0.307 e. The van der Waals surface area contributed by atoms with Crippen LogP contribution in [0.25, 0.3) is 18.2 Å². The summed E-state index contributed by atoms with van der Waals surface area (Å²) in [5.74, 6) is -1.59. The van der Waals surface area contributed by atoms with Gasteiger partial charge in [0.25, 0.3) is 5.91 Å². The van der Waals surface area contributed by atoms with Crippen LogP contribution in [0.5, 0.6) is 0 Å². The molecule has 0 saturated carbocycles. The molecule has 8 N–H and O–H groups in total. The highest BCUT2D eigenvalue weighted by atomic mass is 32.2. The maximum Gasteiger partial charge on any atom is 0.307 e. The first kappa shape index (κ1) is 32.9. The fourth-order valence-electron chi connectivity index (χ4n) is 6.44. The molecule has 2 fully saturated rings. The Kier molecular flexibility index (Phi) is 9.36. The van der Waals surface area contributed by atoms with E-state index in [0.717, 1.165) is 23.3 Å². The van der Waals surface area contributed by atoms with E-state index >= 15 is 0 Å². The summed E-state index contributed by atoms with van der Waals surface area (Å²) in [6, 6.07) is -0.789. The van der Waals surface area contributed by atoms with Crippen molar-refractivity contribution in [1.82, 2.24) is 20.6 Å². The van der Waals surface area contributed by atoms with Crippen LogP contribution in [0.2, 0.25) is 0 Å². The fraction of sp³-hybridized carbons (Fsp3) is 0.394. The highest BCUT2D eigenvalue weighted by Gasteiger charge is 2.45. The van der Waals surface area contributed by atoms with Crippen molar-refractivity contribution in [2.24, 2.45) is 11.8 Å². The number of amides is 2. The van der Waals surface area contributed by atoms with Crippen LogP contribution in [0.1, 0.15) is 66.6 Å². The number of aliphatic hydroxyl groups is 2. The molecule has 3 aliphatic rings. The van der Waals surface area contributed by atoms with Crippen molar-refractivity contribution in [2.75, 3.05) is 5.75 Å². The number of thioether (sulfide) groups is 1. The first-order valence-electron chi connectivity index (χ1n) is 15.0. The van der Waals surface area contributed by atoms with Crippen molar-refractivity contribution in [3.05, 3.63) is 73.5 Å². The number of aromatic nitrogens is 2. The Hall–Kier alpha value is -4.49. The Labute approximate surface area is 269 Å². The van der Waals surface area contributed by atoms with E-state index in [2.05, 4.69) is 20.6 Å². The molecule has 244 valence electrons. The minimum atomic E-state index is -1.21. The summed E-state index contributed by atoms with van der Waals surface area (Å²) in [6.45, 7) is 7.23. The molecule has 5 atom stereocenters. The maximum atomic E-state index is 12.6. The third-order valence-electron chi connectivity index (χ3n) is 9.09. The number of aliphatic hydroxyl groups excluding tert-OH is 2. The van der Waals surface area contributed by atoms with Gasteiger partial charge in [0.05, 0.1) is 24.4 Å². The molecule has 0 radical (unpaired) electrons. The van der Waals surface area contributed by atoms with E-state index in [1.165, 1.54) is 6.08 Å². The molecule has 0 unspecified atom stereocenters. The van der Waals surface area contributed by atoms with Gasteiger partial charge >= 0.3 is 11.9 Å². The van der Waals surface area contributed by atoms with E-state index in [1.807, 2.05) is 31.7 Å². The number of allylic oxidation sites excluding steroid dienone is 1. The van der Waals surface area contributed by atoms with Crippen molar-refractivity contribution < 1.29 is 39.6 Å². The van der Waals surface area contributed by atoms with Crippen molar-refractivity contribution in [3.8, 4) is 0 Å². The molecule has 2 amide bonds. The number of hydrogen-bond donors (Lipinski definition) is 8. The zero-order valence-electron chi connectivity index (χ0n) is 25.9. The van der Waals surface area contributed by atoms with Crippen LogP contribution in [0, 0.1) is 25.7 Å². The van der Waals surface area contributed by atoms with Crippen molar-refractivity contribution in [1.29, 1.82) is 0 Å². The number of H-pyrrole nitrogens is 2. The summed E-state index contributed by atoms with van der Waals surface area (Å²) >= 11 is 1.81. The monoisotopic (exact) mass is 650 g/mol. The minimum absolute atomic E-state index is 0.0310. The normalized spacial score (nSPS) is 25.2. The number of aromatic amines is 2. The second-order valence-electron chi connectivity index (χ2n) is 12.0. The fourth-order valence-corrected chi connectivity index (χ4v) is 7.35. The van der Waals surface area contributed by atoms with Crippen LogP contribution in [-0.2, 0) is 25.6 Å². The molecule has 3 aliphatic heterocycles. The molecule has 12 nitrogen and oxygen atoms in total. The number of carbonyl (C=O) groups excluding carboxylic acids is 2. The van der Waals surface area contributed by atoms with Crippen LogP contribution in [-0.4, -0.2) is 71.2 Å². The molecule has 13 heteroatoms. The molecule has 0 bridgehead atoms. The highest BCUT2D eigenvalue weighted by molar-refractivity contribution is 8.06. The van der Waals surface area contributed by atoms with Crippen LogP contribution in [0.3, 0.4) is 0 Å². The standard InChI is InChI=1S/C33H38N4O8S/c1-14-18(5-7-26(39)40)22(34-21(14)11-24-28(25-13-46-25)17(4)32(44)36-24)12-23-19(6-8-27(41)42)15(2)29(35-23)31(43)30-16(3)20(9-10-38)33(45)37-30/h5,9-12,17,25,28,30-31,34-35,38,43H,6-8,13H2,1-4H3,(H,36,44)(H,37,45)(H,39,40)(H,41,42)/b10-9-,18-5+,22-12-,24-11-/t17-,25-,28-,30+,31-/m1/s1. The molecule has 0 spiro atoms. The lowest BCUT2D eigenvalue weighted by Crippen LogP contribution is -2.34. The Morgan fingerprint density at radius 2 is 1.76 bits per heavy atom. The van der Waals surface area contributed by atoms with Crippen molar-refractivity contribution in [2.45, 2.75) is 64.4 Å². The van der Waals surface area contributed by atoms with Crippen molar-refractivity contribution in [3.63, 3.8) is 0 Å². The number of nitrogens with one attached hydrogen (secondary N) is 4. The third-order valence-corrected chi connectivity index (χ3v) is 10.1. The van der Waals surface area contributed by atoms with Gasteiger partial charge in [0, 0.05) is 57.3 Å². The number of carboxylic acids is 2. The van der Waals surface area contributed by atoms with Gasteiger partial charge in [-0.15, -0.1) is 0 Å². The third kappa shape index (κ3) is 6.42. The number of aliphatic carboxylic acids is 2.